The molecule has 0 spiro atoms. The van der Waals surface area contributed by atoms with Crippen molar-refractivity contribution in [2.45, 2.75) is 0 Å². The third kappa shape index (κ3) is 24.9. The summed E-state index contributed by atoms with van der Waals surface area (Å²) in [5, 5.41) is 0. The van der Waals surface area contributed by atoms with Crippen LogP contribution in [0.4, 0.5) is 8.78 Å². The average molecular weight is 59.0 g/mol. The van der Waals surface area contributed by atoms with Crippen LogP contribution in [0.3, 0.4) is 0 Å². The molecule has 0 aliphatic carbocycles. The number of hydrogen-bond acceptors (Lipinski definition) is 0. The van der Waals surface area contributed by atoms with Gasteiger partial charge in [-0.25, -0.2) is 8.78 Å². The molecule has 0 aromatic rings. The van der Waals surface area contributed by atoms with Gasteiger partial charge in [-0.05, 0) is 0 Å². The van der Waals surface area contributed by atoms with E-state index in [9.17, 15) is 8.78 Å². The summed E-state index contributed by atoms with van der Waals surface area (Å²) >= 11 is 0. The summed E-state index contributed by atoms with van der Waals surface area (Å²) in [5.41, 5.74) is 0. The fourth-order valence-electron chi connectivity index (χ4n) is 0. The molecule has 21 valence electrons. The zero-order valence-electron chi connectivity index (χ0n) is 1.33. The predicted octanol–water partition coefficient (Wildman–Crippen LogP) is 0.396. The molecule has 0 saturated carbocycles. The molecule has 0 atom stereocenters. The van der Waals surface area contributed by atoms with Gasteiger partial charge >= 0.3 is 18.9 Å². The van der Waals surface area contributed by atoms with Crippen LogP contribution < -0.4 is 0 Å². The molecule has 0 N–H and O–H groups in total. The van der Waals surface area contributed by atoms with Crippen molar-refractivity contribution in [3.8, 4) is 0 Å². The van der Waals surface area contributed by atoms with Gasteiger partial charge in [-0.15, -0.1) is 0 Å². The van der Waals surface area contributed by atoms with E-state index < -0.39 is 6.93 Å². The first-order valence-corrected chi connectivity index (χ1v) is 0.436. The van der Waals surface area contributed by atoms with Gasteiger partial charge in [0.1, 0.15) is 0 Å². The van der Waals surface area contributed by atoms with Gasteiger partial charge in [-0.1, -0.05) is 0 Å². The fourth-order valence-corrected chi connectivity index (χ4v) is 0. The van der Waals surface area contributed by atoms with E-state index in [-0.39, 0.29) is 18.9 Å². The second kappa shape index (κ2) is 9.83. The molecule has 0 heterocycles. The second-order valence-corrected chi connectivity index (χ2v) is 0.0825. The van der Waals surface area contributed by atoms with E-state index in [0.717, 1.165) is 0 Å². The summed E-state index contributed by atoms with van der Waals surface area (Å²) in [4.78, 5) is 0. The molecule has 0 nitrogen and oxygen atoms in total. The molecule has 4 heavy (non-hydrogen) atoms. The number of hydrogen-bond donors (Lipinski definition) is 0. The first-order valence-electron chi connectivity index (χ1n) is 0.436. The zero-order chi connectivity index (χ0) is 2.71. The number of halogens is 2. The van der Waals surface area contributed by atoms with Crippen molar-refractivity contribution in [3.05, 3.63) is 6.93 Å². The molecule has 0 aromatic carbocycles. The van der Waals surface area contributed by atoms with Crippen molar-refractivity contribution in [1.29, 1.82) is 0 Å². The van der Waals surface area contributed by atoms with E-state index in [0.29, 0.717) is 0 Å². The molecule has 0 aromatic heterocycles. The Morgan fingerprint density at radius 1 is 1.25 bits per heavy atom. The quantitative estimate of drug-likeness (QED) is 0.354. The normalized spacial score (nSPS) is 4.50. The van der Waals surface area contributed by atoms with Crippen LogP contribution in [0.15, 0.2) is 0 Å². The van der Waals surface area contributed by atoms with Crippen LogP contribution in [-0.2, 0) is 0 Å². The van der Waals surface area contributed by atoms with Gasteiger partial charge in [0.25, 0.3) is 6.93 Å². The van der Waals surface area contributed by atoms with Crippen molar-refractivity contribution in [3.63, 3.8) is 0 Å². The third-order valence-corrected chi connectivity index (χ3v) is 0. The van der Waals surface area contributed by atoms with Gasteiger partial charge in [0.15, 0.2) is 0 Å². The van der Waals surface area contributed by atoms with Gasteiger partial charge in [0.2, 0.25) is 0 Å². The standard InChI is InChI=1S/CHF2.Li.H/c2-1-3;;/h1H;;. The van der Waals surface area contributed by atoms with E-state index in [1.165, 1.54) is 0 Å². The van der Waals surface area contributed by atoms with Crippen molar-refractivity contribution < 1.29 is 8.78 Å². The molecule has 0 fully saturated rings. The Kier molecular flexibility index (Phi) is 21.7. The van der Waals surface area contributed by atoms with Gasteiger partial charge in [0, 0.05) is 0 Å². The van der Waals surface area contributed by atoms with E-state index in [1.807, 2.05) is 0 Å². The van der Waals surface area contributed by atoms with Crippen LogP contribution in [0.25, 0.3) is 0 Å². The van der Waals surface area contributed by atoms with Crippen molar-refractivity contribution in [2.75, 3.05) is 0 Å². The molecule has 0 rings (SSSR count). The maximum atomic E-state index is 9.50. The van der Waals surface area contributed by atoms with Crippen LogP contribution in [0.5, 0.6) is 0 Å². The van der Waals surface area contributed by atoms with Crippen molar-refractivity contribution >= 4 is 18.9 Å². The fraction of sp³-hybridized carbons (Fsp3) is 0. The van der Waals surface area contributed by atoms with Gasteiger partial charge in [-0.2, -0.15) is 0 Å². The van der Waals surface area contributed by atoms with Crippen molar-refractivity contribution in [1.82, 2.24) is 0 Å². The van der Waals surface area contributed by atoms with E-state index in [4.69, 9.17) is 0 Å². The SMILES string of the molecule is F[CH]F.[LiH]. The van der Waals surface area contributed by atoms with Crippen LogP contribution in [0, 0.1) is 6.93 Å². The van der Waals surface area contributed by atoms with Crippen molar-refractivity contribution in [2.24, 2.45) is 0 Å². The Hall–Kier alpha value is 0.457. The first kappa shape index (κ1) is 8.82. The van der Waals surface area contributed by atoms with E-state index >= 15 is 0 Å². The Bertz CT molecular complexity index is 6.00. The molecule has 0 unspecified atom stereocenters. The number of rotatable bonds is 0. The molecule has 0 bridgehead atoms. The summed E-state index contributed by atoms with van der Waals surface area (Å²) in [6, 6.07) is 0. The summed E-state index contributed by atoms with van der Waals surface area (Å²) in [6.45, 7) is -1.00. The molecular formula is CH2F2Li. The van der Waals surface area contributed by atoms with E-state index in [2.05, 4.69) is 0 Å². The Balaban J connectivity index is 0. The summed E-state index contributed by atoms with van der Waals surface area (Å²) in [5.74, 6) is 0. The monoisotopic (exact) mass is 59.0 g/mol. The van der Waals surface area contributed by atoms with Gasteiger partial charge < -0.3 is 0 Å². The minimum absolute atomic E-state index is 0. The molecule has 0 saturated heterocycles. The summed E-state index contributed by atoms with van der Waals surface area (Å²) in [6.07, 6.45) is 0. The molecule has 0 amide bonds. The summed E-state index contributed by atoms with van der Waals surface area (Å²) in [7, 11) is 0. The molecule has 1 radical (unpaired) electrons. The predicted molar refractivity (Wildman–Crippen MR) is 13.7 cm³/mol. The topological polar surface area (TPSA) is 0 Å². The molecule has 3 heteroatoms. The molecule has 0 aliphatic heterocycles. The van der Waals surface area contributed by atoms with Crippen LogP contribution in [0.1, 0.15) is 0 Å². The van der Waals surface area contributed by atoms with Gasteiger partial charge in [0.05, 0.1) is 0 Å². The zero-order valence-corrected chi connectivity index (χ0v) is 1.33. The second-order valence-electron chi connectivity index (χ2n) is 0.0825. The summed E-state index contributed by atoms with van der Waals surface area (Å²) < 4.78 is 19.0. The van der Waals surface area contributed by atoms with E-state index in [1.54, 1.807) is 0 Å². The van der Waals surface area contributed by atoms with Crippen LogP contribution >= 0.6 is 0 Å². The Morgan fingerprint density at radius 2 is 1.25 bits per heavy atom. The minimum atomic E-state index is -1.00. The van der Waals surface area contributed by atoms with Gasteiger partial charge in [-0.3, -0.25) is 0 Å². The Labute approximate surface area is 35.4 Å². The molecule has 0 aliphatic rings. The maximum absolute atomic E-state index is 9.50. The first-order chi connectivity index (χ1) is 1.41. The average Bonchev–Trinajstić information content (AvgIpc) is 0.918. The Morgan fingerprint density at radius 3 is 1.25 bits per heavy atom. The van der Waals surface area contributed by atoms with Crippen LogP contribution in [0.2, 0.25) is 0 Å². The third-order valence-electron chi connectivity index (χ3n) is 0. The molecular weight excluding hydrogens is 56.9 g/mol. The van der Waals surface area contributed by atoms with Crippen LogP contribution in [-0.4, -0.2) is 18.9 Å².